The number of carbonyl (C=O) groups excluding carboxylic acids is 1. The second-order valence-corrected chi connectivity index (χ2v) is 5.96. The summed E-state index contributed by atoms with van der Waals surface area (Å²) in [6, 6.07) is 3.49. The minimum Gasteiger partial charge on any atom is -0.478 e. The number of hydrogen-bond acceptors (Lipinski definition) is 4. The Kier molecular flexibility index (Phi) is 4.57. The number of rotatable bonds is 3. The normalized spacial score (nSPS) is 23.2. The molecule has 1 aliphatic rings. The van der Waals surface area contributed by atoms with Crippen LogP contribution in [0.3, 0.4) is 0 Å². The number of thiophene rings is 1. The molecule has 0 radical (unpaired) electrons. The molecule has 1 amide bonds. The molecule has 0 saturated carbocycles. The molecule has 2 unspecified atom stereocenters. The fraction of sp³-hybridized carbons (Fsp3) is 0.429. The topological polar surface area (TPSA) is 66.8 Å². The van der Waals surface area contributed by atoms with Crippen molar-refractivity contribution in [3.05, 3.63) is 28.0 Å². The molecule has 6 heteroatoms. The molecule has 2 heterocycles. The highest BCUT2D eigenvalue weighted by Crippen LogP contribution is 2.21. The lowest BCUT2D eigenvalue weighted by molar-refractivity contribution is -0.131. The first kappa shape index (κ1) is 14.7. The van der Waals surface area contributed by atoms with Crippen molar-refractivity contribution in [1.82, 2.24) is 4.90 Å². The van der Waals surface area contributed by atoms with Gasteiger partial charge >= 0.3 is 5.97 Å². The Morgan fingerprint density at radius 2 is 2.00 bits per heavy atom. The van der Waals surface area contributed by atoms with E-state index < -0.39 is 5.97 Å². The van der Waals surface area contributed by atoms with Gasteiger partial charge in [-0.05, 0) is 32.1 Å². The van der Waals surface area contributed by atoms with E-state index in [9.17, 15) is 9.59 Å². The Balaban J connectivity index is 2.07. The van der Waals surface area contributed by atoms with Gasteiger partial charge in [-0.2, -0.15) is 0 Å². The summed E-state index contributed by atoms with van der Waals surface area (Å²) in [5, 5.41) is 8.58. The van der Waals surface area contributed by atoms with E-state index in [1.54, 1.807) is 17.0 Å². The molecular weight excluding hydrogens is 278 g/mol. The van der Waals surface area contributed by atoms with Crippen molar-refractivity contribution in [2.24, 2.45) is 0 Å². The van der Waals surface area contributed by atoms with Crippen molar-refractivity contribution in [3.8, 4) is 0 Å². The lowest BCUT2D eigenvalue weighted by Gasteiger charge is -2.35. The number of ether oxygens (including phenoxy) is 1. The van der Waals surface area contributed by atoms with Crippen LogP contribution >= 0.6 is 11.3 Å². The summed E-state index contributed by atoms with van der Waals surface area (Å²) in [6.07, 6.45) is 2.64. The number of hydrogen-bond donors (Lipinski definition) is 1. The van der Waals surface area contributed by atoms with Crippen LogP contribution in [-0.2, 0) is 9.53 Å². The second-order valence-electron chi connectivity index (χ2n) is 4.84. The largest absolute Gasteiger partial charge is 0.478 e. The summed E-state index contributed by atoms with van der Waals surface area (Å²) in [5.41, 5.74) is 0. The summed E-state index contributed by atoms with van der Waals surface area (Å²) in [7, 11) is 0. The van der Waals surface area contributed by atoms with Crippen LogP contribution in [0.5, 0.6) is 0 Å². The van der Waals surface area contributed by atoms with E-state index in [1.807, 2.05) is 13.8 Å². The number of carboxylic acids is 1. The van der Waals surface area contributed by atoms with Gasteiger partial charge in [0, 0.05) is 24.0 Å². The first-order valence-electron chi connectivity index (χ1n) is 6.41. The van der Waals surface area contributed by atoms with Crippen LogP contribution in [0.15, 0.2) is 18.2 Å². The summed E-state index contributed by atoms with van der Waals surface area (Å²) in [6.45, 7) is 5.07. The third kappa shape index (κ3) is 3.68. The zero-order chi connectivity index (χ0) is 14.7. The summed E-state index contributed by atoms with van der Waals surface area (Å²) in [5.74, 6) is -1.02. The number of carbonyl (C=O) groups is 2. The van der Waals surface area contributed by atoms with E-state index in [4.69, 9.17) is 9.84 Å². The van der Waals surface area contributed by atoms with Crippen molar-refractivity contribution < 1.29 is 19.4 Å². The predicted octanol–water partition coefficient (Wildman–Crippen LogP) is 2.10. The molecule has 108 valence electrons. The van der Waals surface area contributed by atoms with Crippen molar-refractivity contribution in [2.45, 2.75) is 26.1 Å². The predicted molar refractivity (Wildman–Crippen MR) is 76.9 cm³/mol. The van der Waals surface area contributed by atoms with Gasteiger partial charge in [0.25, 0.3) is 5.91 Å². The average molecular weight is 295 g/mol. The molecule has 5 nitrogen and oxygen atoms in total. The van der Waals surface area contributed by atoms with E-state index in [1.165, 1.54) is 17.4 Å². The summed E-state index contributed by atoms with van der Waals surface area (Å²) in [4.78, 5) is 26.0. The zero-order valence-electron chi connectivity index (χ0n) is 11.4. The van der Waals surface area contributed by atoms with Crippen LogP contribution in [0.2, 0.25) is 0 Å². The van der Waals surface area contributed by atoms with Crippen LogP contribution in [-0.4, -0.2) is 47.2 Å². The lowest BCUT2D eigenvalue weighted by atomic mass is 10.2. The lowest BCUT2D eigenvalue weighted by Crippen LogP contribution is -2.48. The van der Waals surface area contributed by atoms with Gasteiger partial charge < -0.3 is 14.7 Å². The van der Waals surface area contributed by atoms with Crippen LogP contribution in [0.4, 0.5) is 0 Å². The SMILES string of the molecule is CC1CN(C(=O)c2ccc(C=CC(=O)O)s2)CC(C)O1. The van der Waals surface area contributed by atoms with E-state index in [-0.39, 0.29) is 18.1 Å². The summed E-state index contributed by atoms with van der Waals surface area (Å²) >= 11 is 1.30. The molecule has 1 N–H and O–H groups in total. The molecule has 2 atom stereocenters. The van der Waals surface area contributed by atoms with Gasteiger partial charge in [-0.25, -0.2) is 4.79 Å². The van der Waals surface area contributed by atoms with Gasteiger partial charge in [0.2, 0.25) is 0 Å². The van der Waals surface area contributed by atoms with Crippen molar-refractivity contribution in [2.75, 3.05) is 13.1 Å². The highest BCUT2D eigenvalue weighted by molar-refractivity contribution is 7.14. The molecule has 1 fully saturated rings. The monoisotopic (exact) mass is 295 g/mol. The maximum atomic E-state index is 12.4. The van der Waals surface area contributed by atoms with E-state index >= 15 is 0 Å². The van der Waals surface area contributed by atoms with Gasteiger partial charge in [-0.3, -0.25) is 4.79 Å². The minimum absolute atomic E-state index is 0.0213. The maximum Gasteiger partial charge on any atom is 0.328 e. The van der Waals surface area contributed by atoms with Crippen LogP contribution in [0.25, 0.3) is 6.08 Å². The molecule has 1 saturated heterocycles. The molecule has 1 aromatic heterocycles. The Morgan fingerprint density at radius 1 is 1.35 bits per heavy atom. The second kappa shape index (κ2) is 6.19. The Bertz CT molecular complexity index is 527. The molecule has 1 aromatic rings. The fourth-order valence-electron chi connectivity index (χ4n) is 2.21. The highest BCUT2D eigenvalue weighted by atomic mass is 32.1. The summed E-state index contributed by atoms with van der Waals surface area (Å²) < 4.78 is 5.61. The van der Waals surface area contributed by atoms with E-state index in [2.05, 4.69) is 0 Å². The third-order valence-electron chi connectivity index (χ3n) is 2.93. The van der Waals surface area contributed by atoms with Gasteiger partial charge in [0.1, 0.15) is 0 Å². The van der Waals surface area contributed by atoms with Crippen LogP contribution in [0.1, 0.15) is 28.4 Å². The van der Waals surface area contributed by atoms with E-state index in [0.717, 1.165) is 11.0 Å². The number of aliphatic carboxylic acids is 1. The standard InChI is InChI=1S/C14H17NO4S/c1-9-7-15(8-10(2)19-9)14(18)12-5-3-11(20-12)4-6-13(16)17/h3-6,9-10H,7-8H2,1-2H3,(H,16,17). The fourth-order valence-corrected chi connectivity index (χ4v) is 3.09. The van der Waals surface area contributed by atoms with E-state index in [0.29, 0.717) is 18.0 Å². The van der Waals surface area contributed by atoms with Crippen molar-refractivity contribution in [1.29, 1.82) is 0 Å². The minimum atomic E-state index is -0.998. The van der Waals surface area contributed by atoms with Crippen molar-refractivity contribution in [3.63, 3.8) is 0 Å². The Labute approximate surface area is 121 Å². The number of morpholine rings is 1. The Morgan fingerprint density at radius 3 is 2.60 bits per heavy atom. The van der Waals surface area contributed by atoms with Gasteiger partial charge in [-0.1, -0.05) is 0 Å². The molecule has 0 aliphatic carbocycles. The quantitative estimate of drug-likeness (QED) is 0.867. The van der Waals surface area contributed by atoms with Crippen LogP contribution in [0, 0.1) is 0 Å². The highest BCUT2D eigenvalue weighted by Gasteiger charge is 2.27. The molecule has 0 spiro atoms. The first-order chi connectivity index (χ1) is 9.45. The zero-order valence-corrected chi connectivity index (χ0v) is 12.2. The first-order valence-corrected chi connectivity index (χ1v) is 7.23. The Hall–Kier alpha value is -1.66. The smallest absolute Gasteiger partial charge is 0.328 e. The average Bonchev–Trinajstić information content (AvgIpc) is 2.83. The molecule has 20 heavy (non-hydrogen) atoms. The van der Waals surface area contributed by atoms with Gasteiger partial charge in [-0.15, -0.1) is 11.3 Å². The maximum absolute atomic E-state index is 12.4. The molecule has 0 bridgehead atoms. The third-order valence-corrected chi connectivity index (χ3v) is 3.97. The molecular formula is C14H17NO4S. The van der Waals surface area contributed by atoms with Crippen molar-refractivity contribution >= 4 is 29.3 Å². The van der Waals surface area contributed by atoms with Gasteiger partial charge in [0.15, 0.2) is 0 Å². The van der Waals surface area contributed by atoms with Gasteiger partial charge in [0.05, 0.1) is 17.1 Å². The molecule has 2 rings (SSSR count). The number of amides is 1. The van der Waals surface area contributed by atoms with Crippen LogP contribution < -0.4 is 0 Å². The number of carboxylic acid groups (broad SMARTS) is 1. The molecule has 0 aromatic carbocycles. The molecule has 1 aliphatic heterocycles. The number of nitrogens with zero attached hydrogens (tertiary/aromatic N) is 1.